The van der Waals surface area contributed by atoms with Crippen LogP contribution in [0.2, 0.25) is 0 Å². The molecule has 0 spiro atoms. The molecule has 0 saturated carbocycles. The maximum absolute atomic E-state index is 14.8. The number of alkyl halides is 1. The van der Waals surface area contributed by atoms with E-state index in [1.807, 2.05) is 36.4 Å². The Balaban J connectivity index is 1.46. The summed E-state index contributed by atoms with van der Waals surface area (Å²) in [6, 6.07) is 17.0. The predicted octanol–water partition coefficient (Wildman–Crippen LogP) is 2.01. The lowest BCUT2D eigenvalue weighted by Gasteiger charge is -2.23. The van der Waals surface area contributed by atoms with Crippen molar-refractivity contribution in [1.29, 1.82) is 0 Å². The van der Waals surface area contributed by atoms with Crippen LogP contribution in [0.4, 0.5) is 4.39 Å². The Morgan fingerprint density at radius 1 is 1.09 bits per heavy atom. The quantitative estimate of drug-likeness (QED) is 0.383. The average Bonchev–Trinajstić information content (AvgIpc) is 3.23. The number of halogens is 1. The Bertz CT molecular complexity index is 958. The topological polar surface area (TPSA) is 105 Å². The number of nitrogens with one attached hydrogen (secondary N) is 1. The van der Waals surface area contributed by atoms with E-state index >= 15 is 0 Å². The number of esters is 1. The number of ether oxygens (including phenoxy) is 2. The molecule has 1 heterocycles. The number of hydrogen-bond donors (Lipinski definition) is 2. The Morgan fingerprint density at radius 3 is 2.44 bits per heavy atom. The predicted molar refractivity (Wildman–Crippen MR) is 121 cm³/mol. The summed E-state index contributed by atoms with van der Waals surface area (Å²) >= 11 is 0. The summed E-state index contributed by atoms with van der Waals surface area (Å²) in [7, 11) is 0. The molecule has 1 saturated heterocycles. The third-order valence-corrected chi connectivity index (χ3v) is 5.49. The molecule has 0 aromatic heterocycles. The van der Waals surface area contributed by atoms with Crippen molar-refractivity contribution in [3.63, 3.8) is 0 Å². The summed E-state index contributed by atoms with van der Waals surface area (Å²) in [5.74, 6) is -1.03. The molecule has 2 aromatic carbocycles. The minimum atomic E-state index is -2.11. The van der Waals surface area contributed by atoms with Crippen molar-refractivity contribution in [2.24, 2.45) is 0 Å². The summed E-state index contributed by atoms with van der Waals surface area (Å²) in [6.07, 6.45) is 0.227. The second-order valence-corrected chi connectivity index (χ2v) is 8.19. The van der Waals surface area contributed by atoms with Crippen LogP contribution in [0.1, 0.15) is 24.8 Å². The molecule has 1 aliphatic rings. The smallest absolute Gasteiger partial charge is 0.329 e. The zero-order valence-electron chi connectivity index (χ0n) is 18.8. The van der Waals surface area contributed by atoms with E-state index in [-0.39, 0.29) is 31.9 Å². The Morgan fingerprint density at radius 2 is 1.76 bits per heavy atom. The molecule has 0 bridgehead atoms. The van der Waals surface area contributed by atoms with E-state index in [1.165, 1.54) is 0 Å². The number of aliphatic hydroxyl groups is 1. The molecule has 0 aliphatic carbocycles. The summed E-state index contributed by atoms with van der Waals surface area (Å²) in [5, 5.41) is 11.9. The molecule has 0 radical (unpaired) electrons. The number of likely N-dealkylation sites (tertiary alicyclic amines) is 1. The van der Waals surface area contributed by atoms with Gasteiger partial charge in [0, 0.05) is 12.8 Å². The van der Waals surface area contributed by atoms with Gasteiger partial charge in [0.25, 0.3) is 0 Å². The third kappa shape index (κ3) is 7.28. The van der Waals surface area contributed by atoms with Crippen LogP contribution < -0.4 is 10.1 Å². The van der Waals surface area contributed by atoms with Gasteiger partial charge in [-0.3, -0.25) is 9.59 Å². The second kappa shape index (κ2) is 12.1. The van der Waals surface area contributed by atoms with Crippen LogP contribution in [-0.4, -0.2) is 65.8 Å². The molecular weight excluding hydrogens is 443 g/mol. The van der Waals surface area contributed by atoms with E-state index in [0.717, 1.165) is 10.5 Å². The van der Waals surface area contributed by atoms with Gasteiger partial charge in [0.1, 0.15) is 18.4 Å². The number of hydrogen-bond acceptors (Lipinski definition) is 6. The van der Waals surface area contributed by atoms with Crippen LogP contribution in [0.5, 0.6) is 5.75 Å². The molecule has 1 fully saturated rings. The number of amides is 2. The molecule has 9 heteroatoms. The normalized spacial score (nSPS) is 19.5. The average molecular weight is 473 g/mol. The van der Waals surface area contributed by atoms with Crippen molar-refractivity contribution >= 4 is 17.8 Å². The van der Waals surface area contributed by atoms with E-state index in [4.69, 9.17) is 9.47 Å². The van der Waals surface area contributed by atoms with Gasteiger partial charge in [-0.15, -0.1) is 0 Å². The fraction of sp³-hybridized carbons (Fsp3) is 0.400. The van der Waals surface area contributed by atoms with Crippen molar-refractivity contribution in [3.8, 4) is 5.75 Å². The highest BCUT2D eigenvalue weighted by molar-refractivity contribution is 5.89. The number of carbonyl (C=O) groups excluding carboxylic acids is 3. The first-order chi connectivity index (χ1) is 16.4. The van der Waals surface area contributed by atoms with Gasteiger partial charge in [0.2, 0.25) is 11.8 Å². The van der Waals surface area contributed by atoms with E-state index in [9.17, 15) is 23.9 Å². The summed E-state index contributed by atoms with van der Waals surface area (Å²) in [4.78, 5) is 38.4. The maximum atomic E-state index is 14.8. The van der Waals surface area contributed by atoms with E-state index in [1.54, 1.807) is 24.3 Å². The standard InChI is InChI=1S/C25H29FN2O6/c26-25(18-29)14-21(24(32)34-16-19-8-3-1-4-9-19)28(17-25)23(31)15-27-22(30)12-7-13-33-20-10-5-2-6-11-20/h1-6,8-11,21,29H,7,12-18H2,(H,27,30)/t21-,25+/m0/s1. The van der Waals surface area contributed by atoms with Gasteiger partial charge in [0.05, 0.1) is 26.3 Å². The van der Waals surface area contributed by atoms with Crippen molar-refractivity contribution in [1.82, 2.24) is 10.2 Å². The van der Waals surface area contributed by atoms with Crippen LogP contribution >= 0.6 is 0 Å². The van der Waals surface area contributed by atoms with E-state index in [2.05, 4.69) is 5.32 Å². The van der Waals surface area contributed by atoms with E-state index < -0.39 is 36.7 Å². The number of carbonyl (C=O) groups is 3. The van der Waals surface area contributed by atoms with Gasteiger partial charge < -0.3 is 24.8 Å². The van der Waals surface area contributed by atoms with E-state index in [0.29, 0.717) is 18.8 Å². The molecular formula is C25H29FN2O6. The molecule has 2 N–H and O–H groups in total. The van der Waals surface area contributed by atoms with Crippen molar-refractivity contribution in [2.45, 2.75) is 37.6 Å². The first-order valence-electron chi connectivity index (χ1n) is 11.1. The molecule has 2 aromatic rings. The summed E-state index contributed by atoms with van der Waals surface area (Å²) in [5.41, 5.74) is -1.35. The zero-order chi connectivity index (χ0) is 24.4. The van der Waals surface area contributed by atoms with Gasteiger partial charge in [0.15, 0.2) is 5.67 Å². The fourth-order valence-corrected chi connectivity index (χ4v) is 3.65. The van der Waals surface area contributed by atoms with Crippen molar-refractivity contribution in [2.75, 3.05) is 26.3 Å². The first kappa shape index (κ1) is 25.2. The minimum Gasteiger partial charge on any atom is -0.494 e. The first-order valence-corrected chi connectivity index (χ1v) is 11.1. The lowest BCUT2D eigenvalue weighted by atomic mass is 10.0. The van der Waals surface area contributed by atoms with Crippen LogP contribution in [0.3, 0.4) is 0 Å². The highest BCUT2D eigenvalue weighted by atomic mass is 19.1. The van der Waals surface area contributed by atoms with Gasteiger partial charge in [-0.2, -0.15) is 0 Å². The highest BCUT2D eigenvalue weighted by Gasteiger charge is 2.49. The summed E-state index contributed by atoms with van der Waals surface area (Å²) < 4.78 is 25.6. The molecule has 1 aliphatic heterocycles. The molecule has 2 amide bonds. The molecule has 3 rings (SSSR count). The maximum Gasteiger partial charge on any atom is 0.329 e. The largest absolute Gasteiger partial charge is 0.494 e. The number of aliphatic hydroxyl groups excluding tert-OH is 1. The van der Waals surface area contributed by atoms with Gasteiger partial charge >= 0.3 is 5.97 Å². The fourth-order valence-electron chi connectivity index (χ4n) is 3.65. The molecule has 34 heavy (non-hydrogen) atoms. The van der Waals surface area contributed by atoms with Crippen molar-refractivity contribution in [3.05, 3.63) is 66.2 Å². The van der Waals surface area contributed by atoms with Crippen LogP contribution in [0.25, 0.3) is 0 Å². The Hall–Kier alpha value is -3.46. The molecule has 2 atom stereocenters. The zero-order valence-corrected chi connectivity index (χ0v) is 18.8. The number of para-hydroxylation sites is 1. The monoisotopic (exact) mass is 472 g/mol. The molecule has 8 nitrogen and oxygen atoms in total. The van der Waals surface area contributed by atoms with Crippen LogP contribution in [-0.2, 0) is 25.7 Å². The van der Waals surface area contributed by atoms with Crippen LogP contribution in [0.15, 0.2) is 60.7 Å². The SMILES string of the molecule is O=C(CCCOc1ccccc1)NCC(=O)N1C[C@@](F)(CO)C[C@H]1C(=O)OCc1ccccc1. The lowest BCUT2D eigenvalue weighted by molar-refractivity contribution is -0.154. The third-order valence-electron chi connectivity index (χ3n) is 5.49. The highest BCUT2D eigenvalue weighted by Crippen LogP contribution is 2.31. The minimum absolute atomic E-state index is 0.0155. The van der Waals surface area contributed by atoms with Gasteiger partial charge in [-0.05, 0) is 24.1 Å². The van der Waals surface area contributed by atoms with Crippen LogP contribution in [0, 0.1) is 0 Å². The second-order valence-electron chi connectivity index (χ2n) is 8.19. The van der Waals surface area contributed by atoms with Gasteiger partial charge in [-0.1, -0.05) is 48.5 Å². The number of nitrogens with zero attached hydrogens (tertiary/aromatic N) is 1. The van der Waals surface area contributed by atoms with Crippen molar-refractivity contribution < 1.29 is 33.4 Å². The summed E-state index contributed by atoms with van der Waals surface area (Å²) in [6.45, 7) is -1.34. The molecule has 182 valence electrons. The number of rotatable bonds is 11. The molecule has 0 unspecified atom stereocenters. The Labute approximate surface area is 197 Å². The Kier molecular flexibility index (Phi) is 8.98. The lowest BCUT2D eigenvalue weighted by Crippen LogP contribution is -2.46. The number of benzene rings is 2. The van der Waals surface area contributed by atoms with Gasteiger partial charge in [-0.25, -0.2) is 9.18 Å².